The lowest BCUT2D eigenvalue weighted by Gasteiger charge is -2.22. The Balaban J connectivity index is 3.13. The van der Waals surface area contributed by atoms with Crippen molar-refractivity contribution in [2.75, 3.05) is 7.11 Å². The van der Waals surface area contributed by atoms with E-state index in [1.807, 2.05) is 20.8 Å². The molecular weight excluding hydrogens is 242 g/mol. The minimum absolute atomic E-state index is 0.000949. The summed E-state index contributed by atoms with van der Waals surface area (Å²) in [5, 5.41) is 7.20. The molecule has 1 aromatic rings. The highest BCUT2D eigenvalue weighted by Crippen LogP contribution is 2.33. The highest BCUT2D eigenvalue weighted by Gasteiger charge is 2.31. The molecule has 18 heavy (non-hydrogen) atoms. The van der Waals surface area contributed by atoms with E-state index in [0.717, 1.165) is 13.1 Å². The molecule has 0 aliphatic rings. The Bertz CT molecular complexity index is 412. The average Bonchev–Trinajstić information content (AvgIpc) is 2.23. The molecule has 0 spiro atoms. The molecule has 1 heterocycles. The monoisotopic (exact) mass is 260 g/mol. The van der Waals surface area contributed by atoms with Gasteiger partial charge in [-0.05, 0) is 20.8 Å². The summed E-state index contributed by atoms with van der Waals surface area (Å²) in [5.74, 6) is -2.95. The molecule has 0 bridgehead atoms. The molecule has 0 unspecified atom stereocenters. The molecule has 0 radical (unpaired) electrons. The number of nitrogens with zero attached hydrogens (tertiary/aromatic N) is 2. The lowest BCUT2D eigenvalue weighted by Crippen LogP contribution is -2.21. The lowest BCUT2D eigenvalue weighted by molar-refractivity contribution is -0.0229. The van der Waals surface area contributed by atoms with E-state index in [0.29, 0.717) is 0 Å². The van der Waals surface area contributed by atoms with Crippen LogP contribution < -0.4 is 4.74 Å². The maximum Gasteiger partial charge on any atom is 0.272 e. The van der Waals surface area contributed by atoms with E-state index < -0.39 is 11.5 Å². The molecule has 0 saturated heterocycles. The van der Waals surface area contributed by atoms with E-state index in [2.05, 4.69) is 10.2 Å². The Morgan fingerprint density at radius 2 is 1.83 bits per heavy atom. The first kappa shape index (κ1) is 14.8. The van der Waals surface area contributed by atoms with Gasteiger partial charge in [-0.1, -0.05) is 0 Å². The van der Waals surface area contributed by atoms with Gasteiger partial charge in [0.15, 0.2) is 0 Å². The summed E-state index contributed by atoms with van der Waals surface area (Å²) in [4.78, 5) is 0. The topological polar surface area (TPSA) is 44.2 Å². The standard InChI is InChI=1S/C12H18F2N2O2/c1-11(2,3)18-7-8-9(12(4,13)14)6-15-16-10(8)17-5/h6H,7H2,1-5H3. The van der Waals surface area contributed by atoms with Gasteiger partial charge in [0.2, 0.25) is 5.88 Å². The third-order valence-corrected chi connectivity index (χ3v) is 2.23. The molecule has 6 heteroatoms. The third kappa shape index (κ3) is 3.87. The predicted molar refractivity (Wildman–Crippen MR) is 62.7 cm³/mol. The predicted octanol–water partition coefficient (Wildman–Crippen LogP) is 2.91. The molecule has 1 aromatic heterocycles. The largest absolute Gasteiger partial charge is 0.480 e. The quantitative estimate of drug-likeness (QED) is 0.835. The summed E-state index contributed by atoms with van der Waals surface area (Å²) in [7, 11) is 1.36. The Labute approximate surface area is 105 Å². The van der Waals surface area contributed by atoms with Crippen LogP contribution in [0.3, 0.4) is 0 Å². The maximum atomic E-state index is 13.5. The van der Waals surface area contributed by atoms with Gasteiger partial charge in [-0.25, -0.2) is 8.78 Å². The number of methoxy groups -OCH3 is 1. The van der Waals surface area contributed by atoms with Crippen LogP contribution in [0.4, 0.5) is 8.78 Å². The summed E-state index contributed by atoms with van der Waals surface area (Å²) in [6, 6.07) is 0. The molecule has 0 aromatic carbocycles. The maximum absolute atomic E-state index is 13.5. The minimum atomic E-state index is -3.01. The van der Waals surface area contributed by atoms with Gasteiger partial charge in [-0.15, -0.1) is 5.10 Å². The number of rotatable bonds is 4. The van der Waals surface area contributed by atoms with Crippen molar-refractivity contribution in [3.8, 4) is 5.88 Å². The van der Waals surface area contributed by atoms with E-state index in [-0.39, 0.29) is 23.6 Å². The SMILES string of the molecule is COc1nncc(C(C)(F)F)c1COC(C)(C)C. The lowest BCUT2D eigenvalue weighted by atomic mass is 10.1. The van der Waals surface area contributed by atoms with Crippen LogP contribution >= 0.6 is 0 Å². The molecule has 0 atom stereocenters. The van der Waals surface area contributed by atoms with Crippen LogP contribution in [0.25, 0.3) is 0 Å². The fourth-order valence-electron chi connectivity index (χ4n) is 1.36. The Morgan fingerprint density at radius 3 is 2.28 bits per heavy atom. The van der Waals surface area contributed by atoms with Gasteiger partial charge in [-0.2, -0.15) is 5.10 Å². The normalized spacial score (nSPS) is 12.6. The van der Waals surface area contributed by atoms with E-state index in [1.54, 1.807) is 0 Å². The summed E-state index contributed by atoms with van der Waals surface area (Å²) in [6.45, 7) is 6.35. The first-order chi connectivity index (χ1) is 8.15. The van der Waals surface area contributed by atoms with Crippen molar-refractivity contribution in [3.63, 3.8) is 0 Å². The number of aromatic nitrogens is 2. The van der Waals surface area contributed by atoms with Gasteiger partial charge >= 0.3 is 0 Å². The van der Waals surface area contributed by atoms with Crippen molar-refractivity contribution < 1.29 is 18.3 Å². The Hall–Kier alpha value is -1.30. The van der Waals surface area contributed by atoms with E-state index in [1.165, 1.54) is 7.11 Å². The van der Waals surface area contributed by atoms with E-state index in [4.69, 9.17) is 9.47 Å². The van der Waals surface area contributed by atoms with Crippen molar-refractivity contribution >= 4 is 0 Å². The van der Waals surface area contributed by atoms with Crippen molar-refractivity contribution in [2.45, 2.75) is 45.8 Å². The van der Waals surface area contributed by atoms with Crippen LogP contribution in [0, 0.1) is 0 Å². The second kappa shape index (κ2) is 5.14. The van der Waals surface area contributed by atoms with Crippen molar-refractivity contribution in [2.24, 2.45) is 0 Å². The summed E-state index contributed by atoms with van der Waals surface area (Å²) < 4.78 is 37.4. The molecule has 0 saturated carbocycles. The molecule has 0 amide bonds. The Morgan fingerprint density at radius 1 is 1.22 bits per heavy atom. The smallest absolute Gasteiger partial charge is 0.272 e. The molecule has 1 rings (SSSR count). The number of ether oxygens (including phenoxy) is 2. The molecule has 0 fully saturated rings. The summed E-state index contributed by atoms with van der Waals surface area (Å²) in [6.07, 6.45) is 1.05. The second-order valence-electron chi connectivity index (χ2n) is 5.04. The molecule has 0 N–H and O–H groups in total. The molecule has 0 aliphatic carbocycles. The van der Waals surface area contributed by atoms with Gasteiger partial charge in [0.05, 0.1) is 36.6 Å². The fourth-order valence-corrected chi connectivity index (χ4v) is 1.36. The number of alkyl halides is 2. The van der Waals surface area contributed by atoms with Gasteiger partial charge in [-0.3, -0.25) is 0 Å². The molecule has 102 valence electrons. The van der Waals surface area contributed by atoms with Crippen molar-refractivity contribution in [3.05, 3.63) is 17.3 Å². The van der Waals surface area contributed by atoms with Crippen LogP contribution in [-0.4, -0.2) is 22.9 Å². The summed E-state index contributed by atoms with van der Waals surface area (Å²) >= 11 is 0. The first-order valence-electron chi connectivity index (χ1n) is 5.56. The number of halogens is 2. The Kier molecular flexibility index (Phi) is 4.21. The molecule has 0 aliphatic heterocycles. The zero-order chi connectivity index (χ0) is 14.0. The number of hydrogen-bond donors (Lipinski definition) is 0. The average molecular weight is 260 g/mol. The zero-order valence-electron chi connectivity index (χ0n) is 11.3. The van der Waals surface area contributed by atoms with Crippen LogP contribution in [0.2, 0.25) is 0 Å². The molecule has 4 nitrogen and oxygen atoms in total. The van der Waals surface area contributed by atoms with Crippen molar-refractivity contribution in [1.82, 2.24) is 10.2 Å². The third-order valence-electron chi connectivity index (χ3n) is 2.23. The van der Waals surface area contributed by atoms with Gasteiger partial charge in [0.1, 0.15) is 0 Å². The van der Waals surface area contributed by atoms with Gasteiger partial charge in [0, 0.05) is 6.92 Å². The first-order valence-corrected chi connectivity index (χ1v) is 5.56. The van der Waals surface area contributed by atoms with E-state index in [9.17, 15) is 8.78 Å². The molecular formula is C12H18F2N2O2. The number of hydrogen-bond acceptors (Lipinski definition) is 4. The fraction of sp³-hybridized carbons (Fsp3) is 0.667. The van der Waals surface area contributed by atoms with Gasteiger partial charge in [0.25, 0.3) is 5.92 Å². The van der Waals surface area contributed by atoms with Crippen LogP contribution in [0.5, 0.6) is 5.88 Å². The highest BCUT2D eigenvalue weighted by molar-refractivity contribution is 5.34. The second-order valence-corrected chi connectivity index (χ2v) is 5.04. The summed E-state index contributed by atoms with van der Waals surface area (Å²) in [5.41, 5.74) is -0.428. The van der Waals surface area contributed by atoms with Crippen LogP contribution in [0.1, 0.15) is 38.8 Å². The van der Waals surface area contributed by atoms with Crippen LogP contribution in [0.15, 0.2) is 6.20 Å². The zero-order valence-corrected chi connectivity index (χ0v) is 11.3. The van der Waals surface area contributed by atoms with E-state index >= 15 is 0 Å². The van der Waals surface area contributed by atoms with Crippen LogP contribution in [-0.2, 0) is 17.3 Å². The van der Waals surface area contributed by atoms with Crippen molar-refractivity contribution in [1.29, 1.82) is 0 Å². The highest BCUT2D eigenvalue weighted by atomic mass is 19.3. The minimum Gasteiger partial charge on any atom is -0.480 e. The van der Waals surface area contributed by atoms with Gasteiger partial charge < -0.3 is 9.47 Å².